The number of alkyl halides is 3. The first-order valence-electron chi connectivity index (χ1n) is 9.10. The van der Waals surface area contributed by atoms with Crippen molar-refractivity contribution in [1.82, 2.24) is 9.88 Å². The zero-order valence-electron chi connectivity index (χ0n) is 15.6. The summed E-state index contributed by atoms with van der Waals surface area (Å²) in [4.78, 5) is 27.8. The molecule has 0 bridgehead atoms. The van der Waals surface area contributed by atoms with E-state index in [0.717, 1.165) is 18.4 Å². The molecule has 1 saturated carbocycles. The zero-order valence-corrected chi connectivity index (χ0v) is 16.4. The van der Waals surface area contributed by atoms with Gasteiger partial charge in [-0.1, -0.05) is 6.07 Å². The quantitative estimate of drug-likeness (QED) is 0.782. The van der Waals surface area contributed by atoms with Gasteiger partial charge in [-0.3, -0.25) is 4.79 Å². The lowest BCUT2D eigenvalue weighted by Crippen LogP contribution is -2.54. The van der Waals surface area contributed by atoms with E-state index >= 15 is 0 Å². The second-order valence-electron chi connectivity index (χ2n) is 6.62. The molecular weight excluding hydrogens is 425 g/mol. The topological polar surface area (TPSA) is 89.0 Å². The van der Waals surface area contributed by atoms with Crippen LogP contribution in [0.15, 0.2) is 41.2 Å². The molecule has 1 aliphatic carbocycles. The molecule has 3 atom stereocenters. The van der Waals surface area contributed by atoms with E-state index in [1.807, 2.05) is 39.9 Å². The minimum Gasteiger partial charge on any atom is -0.475 e. The van der Waals surface area contributed by atoms with Crippen molar-refractivity contribution in [2.24, 2.45) is 0 Å². The smallest absolute Gasteiger partial charge is 0.475 e. The maximum atomic E-state index is 12.7. The van der Waals surface area contributed by atoms with Crippen LogP contribution in [0.3, 0.4) is 0 Å². The fourth-order valence-corrected chi connectivity index (χ4v) is 4.05. The maximum absolute atomic E-state index is 12.7. The summed E-state index contributed by atoms with van der Waals surface area (Å²) in [7, 11) is 0. The van der Waals surface area contributed by atoms with Crippen LogP contribution < -0.4 is 4.74 Å². The number of carbonyl (C=O) groups is 2. The molecule has 11 heteroatoms. The van der Waals surface area contributed by atoms with Gasteiger partial charge in [-0.15, -0.1) is 0 Å². The Balaban J connectivity index is 0.000000318. The molecule has 2 aliphatic rings. The van der Waals surface area contributed by atoms with Crippen LogP contribution in [0.5, 0.6) is 5.88 Å². The number of hydrogen-bond donors (Lipinski definition) is 1. The highest BCUT2D eigenvalue weighted by Gasteiger charge is 2.46. The van der Waals surface area contributed by atoms with Gasteiger partial charge in [0.15, 0.2) is 0 Å². The number of pyridine rings is 1. The highest BCUT2D eigenvalue weighted by Crippen LogP contribution is 2.33. The van der Waals surface area contributed by atoms with Crippen molar-refractivity contribution >= 4 is 23.2 Å². The number of nitrogens with zero attached hydrogens (tertiary/aromatic N) is 2. The SMILES string of the molecule is O=C(O)C(F)(F)F.O=C(c1ccsc1)N1CCO[C@H]2[C@H](Oc3ccccn3)CC[C@@H]21. The van der Waals surface area contributed by atoms with Crippen LogP contribution in [0.2, 0.25) is 0 Å². The molecule has 0 radical (unpaired) electrons. The summed E-state index contributed by atoms with van der Waals surface area (Å²) in [6.45, 7) is 1.20. The summed E-state index contributed by atoms with van der Waals surface area (Å²) < 4.78 is 43.7. The summed E-state index contributed by atoms with van der Waals surface area (Å²) in [5.74, 6) is -2.04. The monoisotopic (exact) mass is 444 g/mol. The average molecular weight is 444 g/mol. The molecule has 1 saturated heterocycles. The molecule has 4 rings (SSSR count). The third-order valence-corrected chi connectivity index (χ3v) is 5.40. The highest BCUT2D eigenvalue weighted by molar-refractivity contribution is 7.08. The molecule has 2 aromatic heterocycles. The number of carboxylic acids is 1. The van der Waals surface area contributed by atoms with Gasteiger partial charge in [0.1, 0.15) is 12.2 Å². The number of thiophene rings is 1. The number of morpholine rings is 1. The van der Waals surface area contributed by atoms with Gasteiger partial charge >= 0.3 is 12.1 Å². The molecule has 3 heterocycles. The van der Waals surface area contributed by atoms with E-state index in [9.17, 15) is 18.0 Å². The van der Waals surface area contributed by atoms with Crippen molar-refractivity contribution in [3.05, 3.63) is 46.8 Å². The second kappa shape index (κ2) is 9.43. The Morgan fingerprint density at radius 3 is 2.63 bits per heavy atom. The molecule has 1 N–H and O–H groups in total. The van der Waals surface area contributed by atoms with Gasteiger partial charge in [0.25, 0.3) is 5.91 Å². The summed E-state index contributed by atoms with van der Waals surface area (Å²) in [5.41, 5.74) is 0.768. The molecular formula is C19H19F3N2O5S. The normalized spacial score (nSPS) is 23.2. The Bertz CT molecular complexity index is 848. The van der Waals surface area contributed by atoms with E-state index in [2.05, 4.69) is 4.98 Å². The molecule has 0 aromatic carbocycles. The number of rotatable bonds is 3. The predicted molar refractivity (Wildman–Crippen MR) is 100 cm³/mol. The Labute approximate surface area is 174 Å². The van der Waals surface area contributed by atoms with Crippen LogP contribution in [0.4, 0.5) is 13.2 Å². The molecule has 0 spiro atoms. The summed E-state index contributed by atoms with van der Waals surface area (Å²) >= 11 is 1.55. The number of aromatic nitrogens is 1. The lowest BCUT2D eigenvalue weighted by molar-refractivity contribution is -0.192. The zero-order chi connectivity index (χ0) is 21.7. The van der Waals surface area contributed by atoms with E-state index in [-0.39, 0.29) is 24.2 Å². The van der Waals surface area contributed by atoms with Crippen LogP contribution in [0.1, 0.15) is 23.2 Å². The standard InChI is InChI=1S/C17H18N2O3S.C2HF3O2/c20-17(12-6-10-23-11-12)19-8-9-21-16-13(19)4-5-14(16)22-15-3-1-2-7-18-15;3-2(4,5)1(6)7/h1-3,6-7,10-11,13-14,16H,4-5,8-9H2;(H,6,7)/t13-,14+,16+;/m0./s1. The van der Waals surface area contributed by atoms with Crippen molar-refractivity contribution in [3.8, 4) is 5.88 Å². The third kappa shape index (κ3) is 5.28. The minimum atomic E-state index is -5.08. The molecule has 0 unspecified atom stereocenters. The lowest BCUT2D eigenvalue weighted by atomic mass is 10.1. The number of carboxylic acid groups (broad SMARTS) is 1. The van der Waals surface area contributed by atoms with Crippen molar-refractivity contribution in [2.45, 2.75) is 37.3 Å². The fraction of sp³-hybridized carbons (Fsp3) is 0.421. The Morgan fingerprint density at radius 1 is 1.27 bits per heavy atom. The second-order valence-corrected chi connectivity index (χ2v) is 7.40. The first-order chi connectivity index (χ1) is 14.3. The van der Waals surface area contributed by atoms with Gasteiger partial charge < -0.3 is 19.5 Å². The highest BCUT2D eigenvalue weighted by atomic mass is 32.1. The van der Waals surface area contributed by atoms with Crippen LogP contribution in [0, 0.1) is 0 Å². The van der Waals surface area contributed by atoms with Crippen molar-refractivity contribution in [3.63, 3.8) is 0 Å². The van der Waals surface area contributed by atoms with Gasteiger partial charge in [-0.25, -0.2) is 9.78 Å². The summed E-state index contributed by atoms with van der Waals surface area (Å²) in [6, 6.07) is 7.59. The number of fused-ring (bicyclic) bond motifs is 1. The number of halogens is 3. The number of amides is 1. The number of aliphatic carboxylic acids is 1. The van der Waals surface area contributed by atoms with Gasteiger partial charge in [0.05, 0.1) is 18.2 Å². The van der Waals surface area contributed by atoms with E-state index in [4.69, 9.17) is 19.4 Å². The molecule has 7 nitrogen and oxygen atoms in total. The van der Waals surface area contributed by atoms with Crippen molar-refractivity contribution in [2.75, 3.05) is 13.2 Å². The van der Waals surface area contributed by atoms with Crippen molar-refractivity contribution in [1.29, 1.82) is 0 Å². The summed E-state index contributed by atoms with van der Waals surface area (Å²) in [5, 5.41) is 11.0. The van der Waals surface area contributed by atoms with Crippen LogP contribution >= 0.6 is 11.3 Å². The Hall–Kier alpha value is -2.66. The van der Waals surface area contributed by atoms with Gasteiger partial charge in [-0.2, -0.15) is 24.5 Å². The number of ether oxygens (including phenoxy) is 2. The van der Waals surface area contributed by atoms with E-state index in [0.29, 0.717) is 19.0 Å². The van der Waals surface area contributed by atoms with E-state index < -0.39 is 12.1 Å². The van der Waals surface area contributed by atoms with Crippen LogP contribution in [0.25, 0.3) is 0 Å². The first kappa shape index (κ1) is 22.0. The molecule has 162 valence electrons. The Kier molecular flexibility index (Phi) is 6.93. The van der Waals surface area contributed by atoms with E-state index in [1.54, 1.807) is 17.5 Å². The first-order valence-corrected chi connectivity index (χ1v) is 10.0. The predicted octanol–water partition coefficient (Wildman–Crippen LogP) is 3.23. The lowest BCUT2D eigenvalue weighted by Gasteiger charge is -2.38. The molecule has 1 aliphatic heterocycles. The van der Waals surface area contributed by atoms with Gasteiger partial charge in [0.2, 0.25) is 5.88 Å². The fourth-order valence-electron chi connectivity index (χ4n) is 3.42. The van der Waals surface area contributed by atoms with Crippen molar-refractivity contribution < 1.29 is 37.3 Å². The summed E-state index contributed by atoms with van der Waals surface area (Å²) in [6.07, 6.45) is -1.71. The Morgan fingerprint density at radius 2 is 2.03 bits per heavy atom. The van der Waals surface area contributed by atoms with Crippen LogP contribution in [-0.2, 0) is 9.53 Å². The number of hydrogen-bond acceptors (Lipinski definition) is 6. The molecule has 2 aromatic rings. The largest absolute Gasteiger partial charge is 0.490 e. The maximum Gasteiger partial charge on any atom is 0.490 e. The van der Waals surface area contributed by atoms with Crippen LogP contribution in [-0.4, -0.2) is 64.4 Å². The van der Waals surface area contributed by atoms with Gasteiger partial charge in [0, 0.05) is 24.2 Å². The average Bonchev–Trinajstić information content (AvgIpc) is 3.38. The van der Waals surface area contributed by atoms with Gasteiger partial charge in [-0.05, 0) is 30.4 Å². The number of carbonyl (C=O) groups excluding carboxylic acids is 1. The molecule has 30 heavy (non-hydrogen) atoms. The van der Waals surface area contributed by atoms with E-state index in [1.165, 1.54) is 0 Å². The molecule has 2 fully saturated rings. The minimum absolute atomic E-state index is 0.0482. The third-order valence-electron chi connectivity index (χ3n) is 4.72. The molecule has 1 amide bonds.